The van der Waals surface area contributed by atoms with Crippen LogP contribution in [0.3, 0.4) is 0 Å². The molecule has 2 aromatic rings. The number of hydrogen-bond donors (Lipinski definition) is 2. The van der Waals surface area contributed by atoms with Gasteiger partial charge in [0.1, 0.15) is 5.75 Å². The molecule has 0 saturated heterocycles. The lowest BCUT2D eigenvalue weighted by Gasteiger charge is -2.26. The van der Waals surface area contributed by atoms with E-state index in [1.54, 1.807) is 0 Å². The minimum absolute atomic E-state index is 0. The van der Waals surface area contributed by atoms with Crippen LogP contribution in [0, 0.1) is 6.92 Å². The topological polar surface area (TPSA) is 63.2 Å². The van der Waals surface area contributed by atoms with Gasteiger partial charge in [0.2, 0.25) is 0 Å². The summed E-state index contributed by atoms with van der Waals surface area (Å²) in [4.78, 5) is 17.1. The Morgan fingerprint density at radius 2 is 2.07 bits per heavy atom. The van der Waals surface area contributed by atoms with Gasteiger partial charge in [-0.2, -0.15) is 0 Å². The van der Waals surface area contributed by atoms with Gasteiger partial charge in [-0.25, -0.2) is 0 Å². The van der Waals surface area contributed by atoms with E-state index in [1.807, 2.05) is 31.3 Å². The summed E-state index contributed by atoms with van der Waals surface area (Å²) >= 11 is 0. The first-order chi connectivity index (χ1) is 12.2. The average Bonchev–Trinajstić information content (AvgIpc) is 2.66. The lowest BCUT2D eigenvalue weighted by Crippen LogP contribution is -2.40. The van der Waals surface area contributed by atoms with Gasteiger partial charge in [-0.05, 0) is 61.1 Å². The van der Waals surface area contributed by atoms with Crippen molar-refractivity contribution < 1.29 is 9.53 Å². The Hall–Kier alpha value is -1.82. The SMILES string of the molecule is Cc1ncc2c(c1CNC(=O)C1CCc3ccccc3O1)CCNC2.Cl.Cl. The van der Waals surface area contributed by atoms with Crippen molar-refractivity contribution in [2.75, 3.05) is 6.54 Å². The Bertz CT molecular complexity index is 814. The highest BCUT2D eigenvalue weighted by Gasteiger charge is 2.26. The summed E-state index contributed by atoms with van der Waals surface area (Å²) in [6, 6.07) is 7.94. The fraction of sp³-hybridized carbons (Fsp3) is 0.400. The molecule has 2 N–H and O–H groups in total. The van der Waals surface area contributed by atoms with Crippen molar-refractivity contribution in [3.8, 4) is 5.75 Å². The number of para-hydroxylation sites is 1. The Balaban J connectivity index is 0.00000131. The van der Waals surface area contributed by atoms with E-state index in [1.165, 1.54) is 16.7 Å². The van der Waals surface area contributed by atoms with Gasteiger partial charge in [0.15, 0.2) is 6.10 Å². The summed E-state index contributed by atoms with van der Waals surface area (Å²) in [5.41, 5.74) is 5.90. The van der Waals surface area contributed by atoms with Crippen LogP contribution < -0.4 is 15.4 Å². The van der Waals surface area contributed by atoms with Crippen LogP contribution in [0.2, 0.25) is 0 Å². The zero-order valence-corrected chi connectivity index (χ0v) is 16.9. The number of fused-ring (bicyclic) bond motifs is 2. The third-order valence-corrected chi connectivity index (χ3v) is 5.12. The Labute approximate surface area is 172 Å². The van der Waals surface area contributed by atoms with Crippen LogP contribution >= 0.6 is 24.8 Å². The molecule has 0 bridgehead atoms. The lowest BCUT2D eigenvalue weighted by atomic mass is 9.96. The molecule has 2 aliphatic rings. The minimum atomic E-state index is -0.413. The summed E-state index contributed by atoms with van der Waals surface area (Å²) < 4.78 is 5.89. The van der Waals surface area contributed by atoms with Gasteiger partial charge >= 0.3 is 0 Å². The third-order valence-electron chi connectivity index (χ3n) is 5.12. The van der Waals surface area contributed by atoms with Crippen molar-refractivity contribution in [3.05, 3.63) is 58.4 Å². The number of carbonyl (C=O) groups is 1. The zero-order valence-electron chi connectivity index (χ0n) is 15.3. The van der Waals surface area contributed by atoms with Crippen molar-refractivity contribution in [1.82, 2.24) is 15.6 Å². The summed E-state index contributed by atoms with van der Waals surface area (Å²) in [6.07, 6.45) is 4.11. The molecule has 0 fully saturated rings. The lowest BCUT2D eigenvalue weighted by molar-refractivity contribution is -0.128. The van der Waals surface area contributed by atoms with E-state index in [2.05, 4.69) is 21.7 Å². The highest BCUT2D eigenvalue weighted by Crippen LogP contribution is 2.27. The highest BCUT2D eigenvalue weighted by molar-refractivity contribution is 5.85. The maximum absolute atomic E-state index is 12.6. The molecule has 1 aromatic heterocycles. The molecule has 0 saturated carbocycles. The second kappa shape index (κ2) is 9.40. The molecule has 0 aliphatic carbocycles. The fourth-order valence-electron chi connectivity index (χ4n) is 3.68. The number of aromatic nitrogens is 1. The third kappa shape index (κ3) is 4.54. The molecule has 2 aliphatic heterocycles. The van der Waals surface area contributed by atoms with Crippen molar-refractivity contribution in [2.24, 2.45) is 0 Å². The number of rotatable bonds is 3. The molecular weight excluding hydrogens is 385 g/mol. The number of carbonyl (C=O) groups excluding carboxylic acids is 1. The van der Waals surface area contributed by atoms with Crippen molar-refractivity contribution in [1.29, 1.82) is 0 Å². The normalized spacial score (nSPS) is 17.3. The molecule has 1 aromatic carbocycles. The van der Waals surface area contributed by atoms with E-state index >= 15 is 0 Å². The Morgan fingerprint density at radius 3 is 2.93 bits per heavy atom. The van der Waals surface area contributed by atoms with Gasteiger partial charge < -0.3 is 15.4 Å². The zero-order chi connectivity index (χ0) is 17.2. The predicted molar refractivity (Wildman–Crippen MR) is 110 cm³/mol. The van der Waals surface area contributed by atoms with Gasteiger partial charge in [0.25, 0.3) is 5.91 Å². The number of aryl methyl sites for hydroxylation is 2. The molecular formula is C20H25Cl2N3O2. The van der Waals surface area contributed by atoms with Crippen LogP contribution in [0.1, 0.15) is 34.4 Å². The van der Waals surface area contributed by atoms with E-state index in [9.17, 15) is 4.79 Å². The molecule has 1 atom stereocenters. The molecule has 1 amide bonds. The fourth-order valence-corrected chi connectivity index (χ4v) is 3.68. The predicted octanol–water partition coefficient (Wildman–Crippen LogP) is 2.89. The van der Waals surface area contributed by atoms with E-state index in [0.717, 1.165) is 49.4 Å². The molecule has 7 heteroatoms. The molecule has 5 nitrogen and oxygen atoms in total. The van der Waals surface area contributed by atoms with Gasteiger partial charge in [-0.3, -0.25) is 9.78 Å². The van der Waals surface area contributed by atoms with Gasteiger partial charge in [-0.15, -0.1) is 24.8 Å². The largest absolute Gasteiger partial charge is 0.480 e. The number of nitrogens with zero attached hydrogens (tertiary/aromatic N) is 1. The number of hydrogen-bond acceptors (Lipinski definition) is 4. The monoisotopic (exact) mass is 409 g/mol. The summed E-state index contributed by atoms with van der Waals surface area (Å²) in [7, 11) is 0. The van der Waals surface area contributed by atoms with Gasteiger partial charge in [-0.1, -0.05) is 18.2 Å². The number of halogens is 2. The van der Waals surface area contributed by atoms with E-state index in [0.29, 0.717) is 6.54 Å². The number of pyridine rings is 1. The number of benzene rings is 1. The van der Waals surface area contributed by atoms with Crippen LogP contribution in [0.4, 0.5) is 0 Å². The van der Waals surface area contributed by atoms with E-state index in [-0.39, 0.29) is 30.7 Å². The van der Waals surface area contributed by atoms with Gasteiger partial charge in [0, 0.05) is 25.0 Å². The maximum atomic E-state index is 12.6. The van der Waals surface area contributed by atoms with E-state index < -0.39 is 6.10 Å². The molecule has 0 radical (unpaired) electrons. The Kier molecular flexibility index (Phi) is 7.48. The minimum Gasteiger partial charge on any atom is -0.480 e. The first-order valence-corrected chi connectivity index (χ1v) is 8.91. The van der Waals surface area contributed by atoms with E-state index in [4.69, 9.17) is 4.74 Å². The van der Waals surface area contributed by atoms with Crippen molar-refractivity contribution in [2.45, 2.75) is 45.4 Å². The van der Waals surface area contributed by atoms with Crippen LogP contribution in [-0.2, 0) is 30.7 Å². The smallest absolute Gasteiger partial charge is 0.261 e. The molecule has 0 spiro atoms. The van der Waals surface area contributed by atoms with Gasteiger partial charge in [0.05, 0.1) is 0 Å². The first kappa shape index (κ1) is 21.5. The molecule has 3 heterocycles. The second-order valence-corrected chi connectivity index (χ2v) is 6.72. The van der Waals surface area contributed by atoms with Crippen LogP contribution in [0.15, 0.2) is 30.5 Å². The second-order valence-electron chi connectivity index (χ2n) is 6.72. The van der Waals surface area contributed by atoms with Crippen molar-refractivity contribution >= 4 is 30.7 Å². The molecule has 4 rings (SSSR count). The standard InChI is InChI=1S/C20H23N3O2.2ClH/c1-13-17(16-8-9-21-10-15(16)11-22-13)12-23-20(24)19-7-6-14-4-2-3-5-18(14)25-19;;/h2-5,11,19,21H,6-10,12H2,1H3,(H,23,24);2*1H. The quantitative estimate of drug-likeness (QED) is 0.817. The Morgan fingerprint density at radius 1 is 1.26 bits per heavy atom. The molecule has 1 unspecified atom stereocenters. The maximum Gasteiger partial charge on any atom is 0.261 e. The number of nitrogens with one attached hydrogen (secondary N) is 2. The molecule has 146 valence electrons. The van der Waals surface area contributed by atoms with Crippen LogP contribution in [0.25, 0.3) is 0 Å². The van der Waals surface area contributed by atoms with Crippen molar-refractivity contribution in [3.63, 3.8) is 0 Å². The highest BCUT2D eigenvalue weighted by atomic mass is 35.5. The summed E-state index contributed by atoms with van der Waals surface area (Å²) in [5, 5.41) is 6.43. The number of amides is 1. The number of ether oxygens (including phenoxy) is 1. The molecule has 27 heavy (non-hydrogen) atoms. The average molecular weight is 410 g/mol. The summed E-state index contributed by atoms with van der Waals surface area (Å²) in [6.45, 7) is 4.35. The van der Waals surface area contributed by atoms with Crippen LogP contribution in [-0.4, -0.2) is 23.5 Å². The first-order valence-electron chi connectivity index (χ1n) is 8.91. The van der Waals surface area contributed by atoms with Crippen LogP contribution in [0.5, 0.6) is 5.75 Å². The summed E-state index contributed by atoms with van der Waals surface area (Å²) in [5.74, 6) is 0.787.